The lowest BCUT2D eigenvalue weighted by Crippen LogP contribution is -1.93. The molecule has 0 amide bonds. The van der Waals surface area contributed by atoms with Crippen LogP contribution in [0.2, 0.25) is 0 Å². The molecule has 2 heterocycles. The van der Waals surface area contributed by atoms with Crippen LogP contribution < -0.4 is 0 Å². The predicted octanol–water partition coefficient (Wildman–Crippen LogP) is 0.850. The molecule has 0 bridgehead atoms. The van der Waals surface area contributed by atoms with Gasteiger partial charge in [-0.2, -0.15) is 5.10 Å². The summed E-state index contributed by atoms with van der Waals surface area (Å²) < 4.78 is 1.60. The van der Waals surface area contributed by atoms with E-state index in [9.17, 15) is 4.79 Å². The first kappa shape index (κ1) is 6.97. The maximum Gasteiger partial charge on any atom is 0.158 e. The lowest BCUT2D eigenvalue weighted by Gasteiger charge is -1.96. The zero-order chi connectivity index (χ0) is 8.55. The number of pyridine rings is 1. The van der Waals surface area contributed by atoms with E-state index in [1.54, 1.807) is 16.8 Å². The second-order valence-electron chi connectivity index (χ2n) is 2.60. The normalized spacial score (nSPS) is 10.4. The Morgan fingerprint density at radius 1 is 1.58 bits per heavy atom. The van der Waals surface area contributed by atoms with Crippen molar-refractivity contribution >= 4 is 11.9 Å². The van der Waals surface area contributed by atoms with E-state index >= 15 is 0 Å². The van der Waals surface area contributed by atoms with Crippen LogP contribution in [-0.4, -0.2) is 20.9 Å². The summed E-state index contributed by atoms with van der Waals surface area (Å²) in [7, 11) is 0. The molecule has 4 nitrogen and oxygen atoms in total. The third kappa shape index (κ3) is 0.887. The molecule has 2 aromatic heterocycles. The Morgan fingerprint density at radius 2 is 2.42 bits per heavy atom. The summed E-state index contributed by atoms with van der Waals surface area (Å²) in [6.45, 7) is 1.90. The number of fused-ring (bicyclic) bond motifs is 1. The summed E-state index contributed by atoms with van der Waals surface area (Å²) in [4.78, 5) is 14.5. The Morgan fingerprint density at radius 3 is 3.17 bits per heavy atom. The first-order chi connectivity index (χ1) is 5.81. The van der Waals surface area contributed by atoms with Gasteiger partial charge in [-0.25, -0.2) is 9.50 Å². The number of aryl methyl sites for hydroxylation is 1. The molecule has 0 atom stereocenters. The topological polar surface area (TPSA) is 47.3 Å². The zero-order valence-electron chi connectivity index (χ0n) is 6.56. The molecule has 0 aliphatic heterocycles. The highest BCUT2D eigenvalue weighted by atomic mass is 16.1. The van der Waals surface area contributed by atoms with Crippen LogP contribution >= 0.6 is 0 Å². The van der Waals surface area contributed by atoms with Gasteiger partial charge in [0.05, 0.1) is 0 Å². The van der Waals surface area contributed by atoms with Crippen LogP contribution in [0.25, 0.3) is 5.65 Å². The number of nitrogens with zero attached hydrogens (tertiary/aromatic N) is 3. The monoisotopic (exact) mass is 161 g/mol. The maximum atomic E-state index is 10.5. The van der Waals surface area contributed by atoms with Crippen LogP contribution in [0.1, 0.15) is 15.9 Å². The second-order valence-corrected chi connectivity index (χ2v) is 2.60. The smallest absolute Gasteiger partial charge is 0.158 e. The molecule has 0 saturated heterocycles. The highest BCUT2D eigenvalue weighted by Gasteiger charge is 2.00. The first-order valence-electron chi connectivity index (χ1n) is 3.56. The van der Waals surface area contributed by atoms with E-state index in [0.29, 0.717) is 5.56 Å². The molecule has 12 heavy (non-hydrogen) atoms. The third-order valence-corrected chi connectivity index (χ3v) is 1.72. The second kappa shape index (κ2) is 2.41. The fourth-order valence-electron chi connectivity index (χ4n) is 1.18. The summed E-state index contributed by atoms with van der Waals surface area (Å²) in [5, 5.41) is 3.93. The Labute approximate surface area is 68.8 Å². The van der Waals surface area contributed by atoms with Crippen LogP contribution in [0, 0.1) is 6.92 Å². The lowest BCUT2D eigenvalue weighted by atomic mass is 10.2. The van der Waals surface area contributed by atoms with Crippen molar-refractivity contribution in [3.05, 3.63) is 29.7 Å². The van der Waals surface area contributed by atoms with E-state index < -0.39 is 0 Å². The molecule has 0 radical (unpaired) electrons. The van der Waals surface area contributed by atoms with Gasteiger partial charge in [-0.1, -0.05) is 0 Å². The number of hydrogen-bond acceptors (Lipinski definition) is 3. The van der Waals surface area contributed by atoms with Gasteiger partial charge < -0.3 is 0 Å². The molecule has 0 aliphatic carbocycles. The number of aromatic nitrogens is 3. The number of carbonyl (C=O) groups is 1. The molecule has 60 valence electrons. The summed E-state index contributed by atoms with van der Waals surface area (Å²) in [6.07, 6.45) is 3.92. The molecular formula is C8H7N3O. The van der Waals surface area contributed by atoms with Gasteiger partial charge in [0.15, 0.2) is 11.9 Å². The molecular weight excluding hydrogens is 154 g/mol. The molecule has 4 heteroatoms. The van der Waals surface area contributed by atoms with E-state index in [1.165, 1.54) is 6.33 Å². The molecule has 2 rings (SSSR count). The van der Waals surface area contributed by atoms with Crippen LogP contribution in [0.3, 0.4) is 0 Å². The van der Waals surface area contributed by atoms with Crippen LogP contribution in [-0.2, 0) is 0 Å². The predicted molar refractivity (Wildman–Crippen MR) is 43.1 cm³/mol. The SMILES string of the molecule is Cc1cc(C=O)cn2ncnc12. The Balaban J connectivity index is 2.83. The minimum absolute atomic E-state index is 0.616. The highest BCUT2D eigenvalue weighted by molar-refractivity contribution is 5.75. The molecule has 0 saturated carbocycles. The van der Waals surface area contributed by atoms with Crippen molar-refractivity contribution in [1.82, 2.24) is 14.6 Å². The molecule has 0 aromatic carbocycles. The van der Waals surface area contributed by atoms with Gasteiger partial charge in [0.1, 0.15) is 6.33 Å². The zero-order valence-corrected chi connectivity index (χ0v) is 6.56. The Kier molecular flexibility index (Phi) is 1.40. The highest BCUT2D eigenvalue weighted by Crippen LogP contribution is 2.07. The molecule has 0 aliphatic rings. The Hall–Kier alpha value is -1.71. The van der Waals surface area contributed by atoms with E-state index in [4.69, 9.17) is 0 Å². The van der Waals surface area contributed by atoms with Crippen molar-refractivity contribution in [3.8, 4) is 0 Å². The minimum atomic E-state index is 0.616. The van der Waals surface area contributed by atoms with E-state index in [2.05, 4.69) is 10.1 Å². The molecule has 0 spiro atoms. The summed E-state index contributed by atoms with van der Waals surface area (Å²) in [5.41, 5.74) is 2.36. The van der Waals surface area contributed by atoms with Gasteiger partial charge in [0.25, 0.3) is 0 Å². The number of aldehydes is 1. The number of rotatable bonds is 1. The van der Waals surface area contributed by atoms with E-state index in [-0.39, 0.29) is 0 Å². The van der Waals surface area contributed by atoms with Crippen molar-refractivity contribution in [3.63, 3.8) is 0 Å². The fraction of sp³-hybridized carbons (Fsp3) is 0.125. The van der Waals surface area contributed by atoms with Crippen LogP contribution in [0.4, 0.5) is 0 Å². The Bertz CT molecular complexity index is 433. The van der Waals surface area contributed by atoms with Gasteiger partial charge in [0.2, 0.25) is 0 Å². The van der Waals surface area contributed by atoms with Crippen molar-refractivity contribution in [2.24, 2.45) is 0 Å². The molecule has 0 N–H and O–H groups in total. The molecule has 0 unspecified atom stereocenters. The van der Waals surface area contributed by atoms with E-state index in [0.717, 1.165) is 17.5 Å². The first-order valence-corrected chi connectivity index (χ1v) is 3.56. The van der Waals surface area contributed by atoms with Crippen molar-refractivity contribution in [2.45, 2.75) is 6.92 Å². The maximum absolute atomic E-state index is 10.5. The summed E-state index contributed by atoms with van der Waals surface area (Å²) in [6, 6.07) is 1.79. The summed E-state index contributed by atoms with van der Waals surface area (Å²) in [5.74, 6) is 0. The lowest BCUT2D eigenvalue weighted by molar-refractivity contribution is 0.112. The molecule has 0 fully saturated rings. The van der Waals surface area contributed by atoms with Crippen molar-refractivity contribution in [1.29, 1.82) is 0 Å². The minimum Gasteiger partial charge on any atom is -0.298 e. The number of carbonyl (C=O) groups excluding carboxylic acids is 1. The molecule has 2 aromatic rings. The van der Waals surface area contributed by atoms with Gasteiger partial charge in [-0.3, -0.25) is 4.79 Å². The van der Waals surface area contributed by atoms with Gasteiger partial charge in [-0.05, 0) is 18.6 Å². The largest absolute Gasteiger partial charge is 0.298 e. The van der Waals surface area contributed by atoms with Gasteiger partial charge in [0, 0.05) is 11.8 Å². The average molecular weight is 161 g/mol. The summed E-state index contributed by atoms with van der Waals surface area (Å²) >= 11 is 0. The average Bonchev–Trinajstić information content (AvgIpc) is 2.52. The van der Waals surface area contributed by atoms with Crippen molar-refractivity contribution < 1.29 is 4.79 Å². The fourth-order valence-corrected chi connectivity index (χ4v) is 1.18. The van der Waals surface area contributed by atoms with E-state index in [1.807, 2.05) is 6.92 Å². The van der Waals surface area contributed by atoms with Gasteiger partial charge in [-0.15, -0.1) is 0 Å². The van der Waals surface area contributed by atoms with Crippen LogP contribution in [0.5, 0.6) is 0 Å². The third-order valence-electron chi connectivity index (χ3n) is 1.72. The quantitative estimate of drug-likeness (QED) is 0.582. The van der Waals surface area contributed by atoms with Crippen LogP contribution in [0.15, 0.2) is 18.6 Å². The standard InChI is InChI=1S/C8H7N3O/c1-6-2-7(4-12)3-11-8(6)9-5-10-11/h2-5H,1H3. The van der Waals surface area contributed by atoms with Crippen molar-refractivity contribution in [2.75, 3.05) is 0 Å². The van der Waals surface area contributed by atoms with Gasteiger partial charge >= 0.3 is 0 Å². The number of hydrogen-bond donors (Lipinski definition) is 0.